The highest BCUT2D eigenvalue weighted by molar-refractivity contribution is 5.73. The molecule has 0 bridgehead atoms. The smallest absolute Gasteiger partial charge is 0.347 e. The highest BCUT2D eigenvalue weighted by Crippen LogP contribution is 2.22. The fraction of sp³-hybridized carbons (Fsp3) is 0.235. The number of hydrogen-bond donors (Lipinski definition) is 1. The molecule has 1 atom stereocenters. The van der Waals surface area contributed by atoms with Crippen molar-refractivity contribution in [1.29, 1.82) is 0 Å². The van der Waals surface area contributed by atoms with E-state index in [9.17, 15) is 4.79 Å². The Balaban J connectivity index is 2.18. The fourth-order valence-corrected chi connectivity index (χ4v) is 2.04. The Bertz CT molecular complexity index is 580. The van der Waals surface area contributed by atoms with E-state index in [1.165, 1.54) is 7.11 Å². The molecule has 1 unspecified atom stereocenters. The average Bonchev–Trinajstić information content (AvgIpc) is 2.49. The number of hydrogen-bond acceptors (Lipinski definition) is 3. The van der Waals surface area contributed by atoms with Gasteiger partial charge in [0.15, 0.2) is 0 Å². The van der Waals surface area contributed by atoms with Crippen LogP contribution >= 0.6 is 0 Å². The maximum Gasteiger partial charge on any atom is 0.347 e. The van der Waals surface area contributed by atoms with Crippen molar-refractivity contribution in [1.82, 2.24) is 0 Å². The number of carboxylic acids is 1. The van der Waals surface area contributed by atoms with Gasteiger partial charge in [0.2, 0.25) is 6.10 Å². The summed E-state index contributed by atoms with van der Waals surface area (Å²) in [7, 11) is 1.45. The SMILES string of the molecule is COCC(Oc1ccccc1Cc1ccccc1)C(=O)O. The molecule has 0 fully saturated rings. The summed E-state index contributed by atoms with van der Waals surface area (Å²) in [6, 6.07) is 17.4. The van der Waals surface area contributed by atoms with Crippen LogP contribution in [0.25, 0.3) is 0 Å². The second kappa shape index (κ2) is 7.45. The predicted octanol–water partition coefficient (Wildman–Crippen LogP) is 2.76. The predicted molar refractivity (Wildman–Crippen MR) is 79.6 cm³/mol. The maximum atomic E-state index is 11.2. The van der Waals surface area contributed by atoms with Crippen LogP contribution in [-0.2, 0) is 16.0 Å². The molecule has 0 saturated carbocycles. The van der Waals surface area contributed by atoms with Crippen LogP contribution in [0.5, 0.6) is 5.75 Å². The topological polar surface area (TPSA) is 55.8 Å². The molecule has 0 spiro atoms. The van der Waals surface area contributed by atoms with E-state index in [2.05, 4.69) is 0 Å². The molecule has 4 heteroatoms. The Hall–Kier alpha value is -2.33. The Morgan fingerprint density at radius 2 is 1.76 bits per heavy atom. The number of ether oxygens (including phenoxy) is 2. The van der Waals surface area contributed by atoms with E-state index in [1.807, 2.05) is 48.5 Å². The summed E-state index contributed by atoms with van der Waals surface area (Å²) in [4.78, 5) is 11.2. The molecule has 0 saturated heterocycles. The fourth-order valence-electron chi connectivity index (χ4n) is 2.04. The minimum absolute atomic E-state index is 0.00893. The lowest BCUT2D eigenvalue weighted by Crippen LogP contribution is -2.31. The third kappa shape index (κ3) is 4.33. The van der Waals surface area contributed by atoms with Crippen molar-refractivity contribution in [2.24, 2.45) is 0 Å². The van der Waals surface area contributed by atoms with Crippen molar-refractivity contribution >= 4 is 5.97 Å². The first-order chi connectivity index (χ1) is 10.2. The number of benzene rings is 2. The first-order valence-corrected chi connectivity index (χ1v) is 6.71. The van der Waals surface area contributed by atoms with Crippen molar-refractivity contribution in [3.05, 3.63) is 65.7 Å². The minimum Gasteiger partial charge on any atom is -0.478 e. The number of para-hydroxylation sites is 1. The van der Waals surface area contributed by atoms with Gasteiger partial charge in [0.1, 0.15) is 5.75 Å². The minimum atomic E-state index is -1.04. The van der Waals surface area contributed by atoms with Gasteiger partial charge >= 0.3 is 5.97 Å². The van der Waals surface area contributed by atoms with E-state index in [4.69, 9.17) is 14.6 Å². The van der Waals surface area contributed by atoms with E-state index in [-0.39, 0.29) is 6.61 Å². The van der Waals surface area contributed by atoms with Crippen molar-refractivity contribution < 1.29 is 19.4 Å². The second-order valence-corrected chi connectivity index (χ2v) is 4.67. The Morgan fingerprint density at radius 1 is 1.10 bits per heavy atom. The van der Waals surface area contributed by atoms with Gasteiger partial charge in [-0.2, -0.15) is 0 Å². The number of methoxy groups -OCH3 is 1. The lowest BCUT2D eigenvalue weighted by atomic mass is 10.0. The third-order valence-electron chi connectivity index (χ3n) is 3.07. The first kappa shape index (κ1) is 15.1. The first-order valence-electron chi connectivity index (χ1n) is 6.71. The molecule has 0 aromatic heterocycles. The van der Waals surface area contributed by atoms with Gasteiger partial charge in [-0.15, -0.1) is 0 Å². The van der Waals surface area contributed by atoms with Crippen LogP contribution in [0, 0.1) is 0 Å². The number of carboxylic acid groups (broad SMARTS) is 1. The lowest BCUT2D eigenvalue weighted by molar-refractivity contribution is -0.147. The van der Waals surface area contributed by atoms with Gasteiger partial charge in [0.25, 0.3) is 0 Å². The van der Waals surface area contributed by atoms with Gasteiger partial charge in [-0.1, -0.05) is 48.5 Å². The average molecular weight is 286 g/mol. The monoisotopic (exact) mass is 286 g/mol. The van der Waals surface area contributed by atoms with Crippen molar-refractivity contribution in [2.75, 3.05) is 13.7 Å². The van der Waals surface area contributed by atoms with Crippen LogP contribution in [0.2, 0.25) is 0 Å². The van der Waals surface area contributed by atoms with Gasteiger partial charge in [-0.3, -0.25) is 0 Å². The van der Waals surface area contributed by atoms with Crippen molar-refractivity contribution in [2.45, 2.75) is 12.5 Å². The molecule has 2 aromatic carbocycles. The molecule has 0 aliphatic rings. The Morgan fingerprint density at radius 3 is 2.43 bits per heavy atom. The molecule has 0 heterocycles. The highest BCUT2D eigenvalue weighted by Gasteiger charge is 2.20. The normalized spacial score (nSPS) is 11.9. The van der Waals surface area contributed by atoms with Crippen molar-refractivity contribution in [3.8, 4) is 5.75 Å². The number of carbonyl (C=O) groups is 1. The zero-order chi connectivity index (χ0) is 15.1. The Labute approximate surface area is 123 Å². The third-order valence-corrected chi connectivity index (χ3v) is 3.07. The molecular formula is C17H18O4. The zero-order valence-corrected chi connectivity index (χ0v) is 11.9. The molecule has 2 rings (SSSR count). The van der Waals surface area contributed by atoms with Gasteiger partial charge in [0.05, 0.1) is 6.61 Å². The summed E-state index contributed by atoms with van der Waals surface area (Å²) < 4.78 is 10.5. The molecule has 2 aromatic rings. The quantitative estimate of drug-likeness (QED) is 0.850. The molecular weight excluding hydrogens is 268 g/mol. The van der Waals surface area contributed by atoms with Crippen LogP contribution in [0.15, 0.2) is 54.6 Å². The Kier molecular flexibility index (Phi) is 5.35. The van der Waals surface area contributed by atoms with E-state index < -0.39 is 12.1 Å². The standard InChI is InChI=1S/C17H18O4/c1-20-12-16(17(18)19)21-15-10-6-5-9-14(15)11-13-7-3-2-4-8-13/h2-10,16H,11-12H2,1H3,(H,18,19). The van der Waals surface area contributed by atoms with Crippen LogP contribution in [-0.4, -0.2) is 30.9 Å². The summed E-state index contributed by atoms with van der Waals surface area (Å²) in [5.41, 5.74) is 2.10. The maximum absolute atomic E-state index is 11.2. The van der Waals surface area contributed by atoms with Gasteiger partial charge in [-0.25, -0.2) is 4.79 Å². The molecule has 0 aliphatic carbocycles. The highest BCUT2D eigenvalue weighted by atomic mass is 16.5. The van der Waals surface area contributed by atoms with Gasteiger partial charge in [-0.05, 0) is 17.2 Å². The summed E-state index contributed by atoms with van der Waals surface area (Å²) in [5.74, 6) is -0.461. The van der Waals surface area contributed by atoms with E-state index in [1.54, 1.807) is 6.07 Å². The summed E-state index contributed by atoms with van der Waals surface area (Å²) in [6.45, 7) is 0.00893. The van der Waals surface area contributed by atoms with Gasteiger partial charge < -0.3 is 14.6 Å². The second-order valence-electron chi connectivity index (χ2n) is 4.67. The lowest BCUT2D eigenvalue weighted by Gasteiger charge is -2.17. The van der Waals surface area contributed by atoms with E-state index in [0.29, 0.717) is 12.2 Å². The van der Waals surface area contributed by atoms with Gasteiger partial charge in [0, 0.05) is 13.5 Å². The molecule has 4 nitrogen and oxygen atoms in total. The van der Waals surface area contributed by atoms with Crippen LogP contribution < -0.4 is 4.74 Å². The molecule has 0 radical (unpaired) electrons. The van der Waals surface area contributed by atoms with Crippen LogP contribution in [0.4, 0.5) is 0 Å². The summed E-state index contributed by atoms with van der Waals surface area (Å²) >= 11 is 0. The van der Waals surface area contributed by atoms with Crippen molar-refractivity contribution in [3.63, 3.8) is 0 Å². The summed E-state index contributed by atoms with van der Waals surface area (Å²) in [6.07, 6.45) is -0.317. The molecule has 21 heavy (non-hydrogen) atoms. The number of aliphatic carboxylic acids is 1. The zero-order valence-electron chi connectivity index (χ0n) is 11.9. The molecule has 0 amide bonds. The van der Waals surface area contributed by atoms with Crippen LogP contribution in [0.3, 0.4) is 0 Å². The van der Waals surface area contributed by atoms with Crippen LogP contribution in [0.1, 0.15) is 11.1 Å². The number of rotatable bonds is 7. The molecule has 0 aliphatic heterocycles. The van der Waals surface area contributed by atoms with E-state index in [0.717, 1.165) is 11.1 Å². The molecule has 1 N–H and O–H groups in total. The summed E-state index contributed by atoms with van der Waals surface area (Å²) in [5, 5.41) is 9.14. The molecule has 110 valence electrons. The largest absolute Gasteiger partial charge is 0.478 e. The van der Waals surface area contributed by atoms with E-state index >= 15 is 0 Å².